The molecular weight excluding hydrogens is 410 g/mol. The Balaban J connectivity index is 1.76. The Morgan fingerprint density at radius 2 is 2.13 bits per heavy atom. The van der Waals surface area contributed by atoms with Crippen molar-refractivity contribution in [2.75, 3.05) is 17.3 Å². The molecule has 4 rings (SSSR count). The molecule has 1 aliphatic rings. The number of carbonyl (C=O) groups is 1. The number of thiocarbonyl (C=S) groups is 1. The molecule has 0 aliphatic carbocycles. The van der Waals surface area contributed by atoms with Crippen LogP contribution in [0, 0.1) is 0 Å². The normalized spacial score (nSPS) is 18.0. The van der Waals surface area contributed by atoms with E-state index in [4.69, 9.17) is 17.0 Å². The summed E-state index contributed by atoms with van der Waals surface area (Å²) in [7, 11) is 3.59. The van der Waals surface area contributed by atoms with Gasteiger partial charge in [0.05, 0.1) is 30.6 Å². The van der Waals surface area contributed by atoms with Gasteiger partial charge in [0.15, 0.2) is 5.11 Å². The van der Waals surface area contributed by atoms with E-state index in [0.717, 1.165) is 16.9 Å². The maximum Gasteiger partial charge on any atom is 0.224 e. The van der Waals surface area contributed by atoms with Crippen molar-refractivity contribution in [2.45, 2.75) is 25.4 Å². The second kappa shape index (κ2) is 8.77. The van der Waals surface area contributed by atoms with E-state index in [1.165, 1.54) is 0 Å². The highest BCUT2D eigenvalue weighted by molar-refractivity contribution is 7.80. The molecule has 3 heterocycles. The number of methoxy groups -OCH3 is 1. The summed E-state index contributed by atoms with van der Waals surface area (Å²) in [5.74, 6) is 0.511. The average molecular weight is 436 g/mol. The van der Waals surface area contributed by atoms with E-state index in [2.05, 4.69) is 32.8 Å². The first-order valence-electron chi connectivity index (χ1n) is 10.1. The number of nitrogens with one attached hydrogen (secondary N) is 2. The van der Waals surface area contributed by atoms with Crippen molar-refractivity contribution in [2.24, 2.45) is 7.05 Å². The molecule has 0 saturated carbocycles. The summed E-state index contributed by atoms with van der Waals surface area (Å²) >= 11 is 5.75. The zero-order chi connectivity index (χ0) is 22.0. The Morgan fingerprint density at radius 1 is 1.29 bits per heavy atom. The lowest BCUT2D eigenvalue weighted by molar-refractivity contribution is -0.115. The summed E-state index contributed by atoms with van der Waals surface area (Å²) < 4.78 is 7.58. The average Bonchev–Trinajstić information content (AvgIpc) is 3.37. The number of amides is 1. The van der Waals surface area contributed by atoms with Gasteiger partial charge < -0.3 is 24.8 Å². The van der Waals surface area contributed by atoms with E-state index in [0.29, 0.717) is 23.0 Å². The first kappa shape index (κ1) is 20.9. The molecule has 1 saturated heterocycles. The Morgan fingerprint density at radius 3 is 2.77 bits per heavy atom. The minimum absolute atomic E-state index is 0.0678. The second-order valence-electron chi connectivity index (χ2n) is 7.39. The van der Waals surface area contributed by atoms with Crippen LogP contribution in [-0.4, -0.2) is 27.7 Å². The summed E-state index contributed by atoms with van der Waals surface area (Å²) in [6.45, 7) is 1.81. The van der Waals surface area contributed by atoms with Gasteiger partial charge in [0.25, 0.3) is 0 Å². The number of aryl methyl sites for hydroxylation is 1. The van der Waals surface area contributed by atoms with E-state index < -0.39 is 0 Å². The van der Waals surface area contributed by atoms with Gasteiger partial charge in [0, 0.05) is 43.8 Å². The van der Waals surface area contributed by atoms with Gasteiger partial charge in [0.2, 0.25) is 5.91 Å². The predicted molar refractivity (Wildman–Crippen MR) is 125 cm³/mol. The first-order valence-corrected chi connectivity index (χ1v) is 10.5. The molecule has 8 heteroatoms. The highest BCUT2D eigenvalue weighted by Crippen LogP contribution is 2.43. The van der Waals surface area contributed by atoms with Gasteiger partial charge in [-0.2, -0.15) is 0 Å². The van der Waals surface area contributed by atoms with Gasteiger partial charge in [-0.1, -0.05) is 13.0 Å². The SMILES string of the molecule is CCC(=O)Nc1ccc(N2C(=S)N[C@H](c3ccccn3)[C@@H]2c2ccn(C)c2)cc1OC. The van der Waals surface area contributed by atoms with Crippen molar-refractivity contribution in [3.05, 3.63) is 72.3 Å². The molecular formula is C23H25N5O2S. The van der Waals surface area contributed by atoms with Crippen molar-refractivity contribution in [3.63, 3.8) is 0 Å². The van der Waals surface area contributed by atoms with E-state index in [-0.39, 0.29) is 18.0 Å². The van der Waals surface area contributed by atoms with Crippen LogP contribution in [-0.2, 0) is 11.8 Å². The molecule has 0 spiro atoms. The maximum absolute atomic E-state index is 11.9. The smallest absolute Gasteiger partial charge is 0.224 e. The Bertz CT molecular complexity index is 1100. The van der Waals surface area contributed by atoms with Crippen LogP contribution in [0.1, 0.15) is 36.7 Å². The lowest BCUT2D eigenvalue weighted by Gasteiger charge is -2.28. The standard InChI is InChI=1S/C23H25N5O2S/c1-4-20(29)25-17-9-8-16(13-19(17)30-3)28-22(15-10-12-27(2)14-15)21(26-23(28)31)18-7-5-6-11-24-18/h5-14,21-22H,4H2,1-3H3,(H,25,29)(H,26,31)/t21-,22+/m1/s1. The van der Waals surface area contributed by atoms with Crippen LogP contribution in [0.3, 0.4) is 0 Å². The molecule has 31 heavy (non-hydrogen) atoms. The molecule has 1 aromatic carbocycles. The quantitative estimate of drug-likeness (QED) is 0.571. The fraction of sp³-hybridized carbons (Fsp3) is 0.261. The summed E-state index contributed by atoms with van der Waals surface area (Å²) in [6, 6.07) is 13.5. The van der Waals surface area contributed by atoms with E-state index in [1.54, 1.807) is 13.3 Å². The van der Waals surface area contributed by atoms with Crippen molar-refractivity contribution in [1.82, 2.24) is 14.9 Å². The van der Waals surface area contributed by atoms with Crippen LogP contribution in [0.25, 0.3) is 0 Å². The Kier molecular flexibility index (Phi) is 5.90. The van der Waals surface area contributed by atoms with Gasteiger partial charge >= 0.3 is 0 Å². The molecule has 0 radical (unpaired) electrons. The van der Waals surface area contributed by atoms with Crippen molar-refractivity contribution >= 4 is 34.6 Å². The number of hydrogen-bond acceptors (Lipinski definition) is 4. The molecule has 160 valence electrons. The number of pyridine rings is 1. The topological polar surface area (TPSA) is 71.4 Å². The largest absolute Gasteiger partial charge is 0.494 e. The van der Waals surface area contributed by atoms with E-state index in [1.807, 2.05) is 61.1 Å². The molecule has 2 atom stereocenters. The molecule has 3 aromatic rings. The number of rotatable bonds is 6. The summed E-state index contributed by atoms with van der Waals surface area (Å²) in [5.41, 5.74) is 3.54. The number of carbonyl (C=O) groups excluding carboxylic acids is 1. The van der Waals surface area contributed by atoms with Crippen LogP contribution in [0.4, 0.5) is 11.4 Å². The monoisotopic (exact) mass is 435 g/mol. The Hall–Kier alpha value is -3.39. The molecule has 0 unspecified atom stereocenters. The van der Waals surface area contributed by atoms with Crippen LogP contribution in [0.5, 0.6) is 5.75 Å². The minimum atomic E-state index is -0.110. The third-order valence-electron chi connectivity index (χ3n) is 5.35. The molecule has 1 aliphatic heterocycles. The molecule has 2 N–H and O–H groups in total. The highest BCUT2D eigenvalue weighted by Gasteiger charge is 2.41. The first-order chi connectivity index (χ1) is 15.0. The van der Waals surface area contributed by atoms with Gasteiger partial charge in [-0.15, -0.1) is 0 Å². The minimum Gasteiger partial charge on any atom is -0.494 e. The molecule has 2 aromatic heterocycles. The van der Waals surface area contributed by atoms with Gasteiger partial charge in [-0.05, 0) is 48.1 Å². The molecule has 0 bridgehead atoms. The molecule has 1 fully saturated rings. The maximum atomic E-state index is 11.9. The van der Waals surface area contributed by atoms with Crippen molar-refractivity contribution < 1.29 is 9.53 Å². The van der Waals surface area contributed by atoms with Crippen molar-refractivity contribution in [1.29, 1.82) is 0 Å². The lowest BCUT2D eigenvalue weighted by atomic mass is 9.98. The summed E-state index contributed by atoms with van der Waals surface area (Å²) in [6.07, 6.45) is 6.30. The van der Waals surface area contributed by atoms with Crippen molar-refractivity contribution in [3.8, 4) is 5.75 Å². The highest BCUT2D eigenvalue weighted by atomic mass is 32.1. The number of benzene rings is 1. The lowest BCUT2D eigenvalue weighted by Crippen LogP contribution is -2.29. The van der Waals surface area contributed by atoms with Gasteiger partial charge in [0.1, 0.15) is 5.75 Å². The summed E-state index contributed by atoms with van der Waals surface area (Å²) in [5, 5.41) is 6.93. The zero-order valence-corrected chi connectivity index (χ0v) is 18.5. The Labute approximate surface area is 187 Å². The zero-order valence-electron chi connectivity index (χ0n) is 17.7. The van der Waals surface area contributed by atoms with Crippen LogP contribution >= 0.6 is 12.2 Å². The van der Waals surface area contributed by atoms with E-state index in [9.17, 15) is 4.79 Å². The number of anilines is 2. The number of nitrogens with zero attached hydrogens (tertiary/aromatic N) is 3. The number of ether oxygens (including phenoxy) is 1. The third kappa shape index (κ3) is 4.11. The molecule has 7 nitrogen and oxygen atoms in total. The fourth-order valence-corrected chi connectivity index (χ4v) is 4.19. The van der Waals surface area contributed by atoms with Gasteiger partial charge in [-0.3, -0.25) is 9.78 Å². The van der Waals surface area contributed by atoms with E-state index >= 15 is 0 Å². The number of hydrogen-bond donors (Lipinski definition) is 2. The predicted octanol–water partition coefficient (Wildman–Crippen LogP) is 3.95. The van der Waals surface area contributed by atoms with Crippen LogP contribution < -0.4 is 20.3 Å². The third-order valence-corrected chi connectivity index (χ3v) is 5.67. The number of aromatic nitrogens is 2. The fourth-order valence-electron chi connectivity index (χ4n) is 3.84. The van der Waals surface area contributed by atoms with Gasteiger partial charge in [-0.25, -0.2) is 0 Å². The van der Waals surface area contributed by atoms with Crippen LogP contribution in [0.2, 0.25) is 0 Å². The van der Waals surface area contributed by atoms with Crippen LogP contribution in [0.15, 0.2) is 61.1 Å². The summed E-state index contributed by atoms with van der Waals surface area (Å²) in [4.78, 5) is 18.5. The molecule has 1 amide bonds. The second-order valence-corrected chi connectivity index (χ2v) is 7.78.